The second-order valence-electron chi connectivity index (χ2n) is 5.98. The third-order valence-electron chi connectivity index (χ3n) is 4.44. The maximum atomic E-state index is 5.98. The summed E-state index contributed by atoms with van der Waals surface area (Å²) in [7, 11) is 3.88. The quantitative estimate of drug-likeness (QED) is 0.903. The minimum absolute atomic E-state index is 0.338. The molecule has 4 nitrogen and oxygen atoms in total. The minimum atomic E-state index is 0.338. The summed E-state index contributed by atoms with van der Waals surface area (Å²) in [5.74, 6) is 4.45. The van der Waals surface area contributed by atoms with Crippen LogP contribution < -0.4 is 15.2 Å². The first-order valence-electron chi connectivity index (χ1n) is 7.54. The molecule has 3 rings (SSSR count). The van der Waals surface area contributed by atoms with Crippen LogP contribution in [0.25, 0.3) is 0 Å². The van der Waals surface area contributed by atoms with E-state index in [1.165, 1.54) is 5.56 Å². The number of thioether (sulfide) groups is 1. The third kappa shape index (κ3) is 3.15. The Bertz CT molecular complexity index is 493. The Kier molecular flexibility index (Phi) is 4.62. The molecule has 2 N–H and O–H groups in total. The SMILES string of the molecule is COc1cc(C2CC(CN)CN2C)ccc1OC1CSC1. The first-order valence-corrected chi connectivity index (χ1v) is 8.69. The van der Waals surface area contributed by atoms with Crippen molar-refractivity contribution in [2.75, 3.05) is 38.8 Å². The summed E-state index contributed by atoms with van der Waals surface area (Å²) in [4.78, 5) is 2.38. The van der Waals surface area contributed by atoms with E-state index in [-0.39, 0.29) is 0 Å². The molecule has 2 aliphatic heterocycles. The van der Waals surface area contributed by atoms with Crippen molar-refractivity contribution in [2.45, 2.75) is 18.6 Å². The number of nitrogens with zero attached hydrogens (tertiary/aromatic N) is 1. The van der Waals surface area contributed by atoms with Gasteiger partial charge in [0.2, 0.25) is 0 Å². The van der Waals surface area contributed by atoms with Gasteiger partial charge in [-0.2, -0.15) is 11.8 Å². The van der Waals surface area contributed by atoms with Crippen LogP contribution in [0, 0.1) is 5.92 Å². The molecule has 0 aromatic heterocycles. The average molecular weight is 308 g/mol. The fourth-order valence-electron chi connectivity index (χ4n) is 3.12. The van der Waals surface area contributed by atoms with Crippen LogP contribution in [-0.4, -0.2) is 49.8 Å². The molecular formula is C16H24N2O2S. The van der Waals surface area contributed by atoms with E-state index in [0.717, 1.165) is 42.5 Å². The first-order chi connectivity index (χ1) is 10.2. The Morgan fingerprint density at radius 2 is 2.14 bits per heavy atom. The molecule has 2 heterocycles. The zero-order valence-corrected chi connectivity index (χ0v) is 13.6. The standard InChI is InChI=1S/C16H24N2O2S/c1-18-8-11(7-17)5-14(18)12-3-4-15(16(6-12)19-2)20-13-9-21-10-13/h3-4,6,11,13-14H,5,7-10,17H2,1-2H3. The zero-order chi connectivity index (χ0) is 14.8. The Labute approximate surface area is 131 Å². The third-order valence-corrected chi connectivity index (χ3v) is 5.66. The lowest BCUT2D eigenvalue weighted by molar-refractivity contribution is 0.228. The Balaban J connectivity index is 1.77. The van der Waals surface area contributed by atoms with Crippen molar-refractivity contribution in [3.8, 4) is 11.5 Å². The fourth-order valence-corrected chi connectivity index (χ4v) is 3.68. The van der Waals surface area contributed by atoms with E-state index < -0.39 is 0 Å². The number of rotatable bonds is 5. The molecule has 2 aliphatic rings. The normalized spacial score (nSPS) is 26.6. The summed E-state index contributed by atoms with van der Waals surface area (Å²) < 4.78 is 11.5. The van der Waals surface area contributed by atoms with Gasteiger partial charge in [-0.05, 0) is 43.6 Å². The highest BCUT2D eigenvalue weighted by Crippen LogP contribution is 2.38. The lowest BCUT2D eigenvalue weighted by atomic mass is 9.99. The molecule has 2 saturated heterocycles. The number of nitrogens with two attached hydrogens (primary N) is 1. The topological polar surface area (TPSA) is 47.7 Å². The van der Waals surface area contributed by atoms with E-state index in [2.05, 4.69) is 30.1 Å². The van der Waals surface area contributed by atoms with Crippen molar-refractivity contribution in [1.29, 1.82) is 0 Å². The Morgan fingerprint density at radius 3 is 2.71 bits per heavy atom. The molecule has 0 spiro atoms. The van der Waals surface area contributed by atoms with Gasteiger partial charge in [0.1, 0.15) is 6.10 Å². The molecule has 2 unspecified atom stereocenters. The van der Waals surface area contributed by atoms with Crippen molar-refractivity contribution in [3.05, 3.63) is 23.8 Å². The van der Waals surface area contributed by atoms with Crippen LogP contribution in [0.4, 0.5) is 0 Å². The molecule has 5 heteroatoms. The summed E-state index contributed by atoms with van der Waals surface area (Å²) in [6.07, 6.45) is 1.46. The number of ether oxygens (including phenoxy) is 2. The molecule has 2 atom stereocenters. The molecule has 0 aliphatic carbocycles. The van der Waals surface area contributed by atoms with Gasteiger partial charge >= 0.3 is 0 Å². The number of hydrogen-bond acceptors (Lipinski definition) is 5. The van der Waals surface area contributed by atoms with Crippen molar-refractivity contribution < 1.29 is 9.47 Å². The van der Waals surface area contributed by atoms with Gasteiger partial charge in [0.25, 0.3) is 0 Å². The molecule has 0 bridgehead atoms. The van der Waals surface area contributed by atoms with E-state index in [9.17, 15) is 0 Å². The van der Waals surface area contributed by atoms with Crippen LogP contribution in [-0.2, 0) is 0 Å². The molecule has 0 amide bonds. The molecule has 1 aromatic carbocycles. The molecule has 0 radical (unpaired) electrons. The number of hydrogen-bond donors (Lipinski definition) is 1. The number of likely N-dealkylation sites (tertiary alicyclic amines) is 1. The summed E-state index contributed by atoms with van der Waals surface area (Å²) in [6.45, 7) is 1.83. The van der Waals surface area contributed by atoms with Gasteiger partial charge in [0.05, 0.1) is 7.11 Å². The molecule has 116 valence electrons. The highest BCUT2D eigenvalue weighted by molar-refractivity contribution is 8.00. The largest absolute Gasteiger partial charge is 0.493 e. The highest BCUT2D eigenvalue weighted by atomic mass is 32.2. The van der Waals surface area contributed by atoms with Crippen LogP contribution in [0.2, 0.25) is 0 Å². The highest BCUT2D eigenvalue weighted by Gasteiger charge is 2.30. The van der Waals surface area contributed by atoms with Gasteiger partial charge in [-0.3, -0.25) is 4.90 Å². The molecular weight excluding hydrogens is 284 g/mol. The van der Waals surface area contributed by atoms with Gasteiger partial charge in [0, 0.05) is 24.1 Å². The summed E-state index contributed by atoms with van der Waals surface area (Å²) in [6, 6.07) is 6.78. The molecule has 2 fully saturated rings. The second-order valence-corrected chi connectivity index (χ2v) is 7.06. The predicted octanol–water partition coefficient (Wildman–Crippen LogP) is 2.14. The van der Waals surface area contributed by atoms with E-state index in [4.69, 9.17) is 15.2 Å². The predicted molar refractivity (Wildman–Crippen MR) is 87.3 cm³/mol. The first kappa shape index (κ1) is 15.0. The number of methoxy groups -OCH3 is 1. The summed E-state index contributed by atoms with van der Waals surface area (Å²) in [5.41, 5.74) is 7.11. The van der Waals surface area contributed by atoms with Crippen LogP contribution in [0.1, 0.15) is 18.0 Å². The van der Waals surface area contributed by atoms with Crippen LogP contribution in [0.5, 0.6) is 11.5 Å². The summed E-state index contributed by atoms with van der Waals surface area (Å²) in [5, 5.41) is 0. The van der Waals surface area contributed by atoms with Crippen LogP contribution in [0.3, 0.4) is 0 Å². The minimum Gasteiger partial charge on any atom is -0.493 e. The zero-order valence-electron chi connectivity index (χ0n) is 12.7. The van der Waals surface area contributed by atoms with E-state index in [0.29, 0.717) is 18.1 Å². The van der Waals surface area contributed by atoms with Crippen molar-refractivity contribution in [3.63, 3.8) is 0 Å². The van der Waals surface area contributed by atoms with Crippen LogP contribution in [0.15, 0.2) is 18.2 Å². The molecule has 21 heavy (non-hydrogen) atoms. The number of benzene rings is 1. The lowest BCUT2D eigenvalue weighted by Gasteiger charge is -2.27. The van der Waals surface area contributed by atoms with Crippen molar-refractivity contribution in [1.82, 2.24) is 4.90 Å². The van der Waals surface area contributed by atoms with Gasteiger partial charge in [-0.25, -0.2) is 0 Å². The van der Waals surface area contributed by atoms with E-state index >= 15 is 0 Å². The van der Waals surface area contributed by atoms with Crippen molar-refractivity contribution >= 4 is 11.8 Å². The van der Waals surface area contributed by atoms with Gasteiger partial charge in [-0.15, -0.1) is 0 Å². The van der Waals surface area contributed by atoms with E-state index in [1.807, 2.05) is 11.8 Å². The van der Waals surface area contributed by atoms with E-state index in [1.54, 1.807) is 7.11 Å². The molecule has 1 aromatic rings. The maximum Gasteiger partial charge on any atom is 0.161 e. The molecule has 0 saturated carbocycles. The smallest absolute Gasteiger partial charge is 0.161 e. The van der Waals surface area contributed by atoms with Gasteiger partial charge in [-0.1, -0.05) is 6.07 Å². The Hall–Kier alpha value is -0.910. The Morgan fingerprint density at radius 1 is 1.33 bits per heavy atom. The summed E-state index contributed by atoms with van der Waals surface area (Å²) >= 11 is 1.92. The van der Waals surface area contributed by atoms with Gasteiger partial charge in [0.15, 0.2) is 11.5 Å². The van der Waals surface area contributed by atoms with Gasteiger partial charge < -0.3 is 15.2 Å². The lowest BCUT2D eigenvalue weighted by Crippen LogP contribution is -2.31. The van der Waals surface area contributed by atoms with Crippen molar-refractivity contribution in [2.24, 2.45) is 11.7 Å². The fraction of sp³-hybridized carbons (Fsp3) is 0.625. The van der Waals surface area contributed by atoms with Crippen LogP contribution >= 0.6 is 11.8 Å². The monoisotopic (exact) mass is 308 g/mol. The maximum absolute atomic E-state index is 5.98. The second kappa shape index (κ2) is 6.46. The average Bonchev–Trinajstić information content (AvgIpc) is 2.84.